The monoisotopic (exact) mass is 246 g/mol. The normalized spacial score (nSPS) is 11.3. The zero-order valence-corrected chi connectivity index (χ0v) is 9.22. The Bertz CT molecular complexity index is 465. The molecule has 0 spiro atoms. The third kappa shape index (κ3) is 4.37. The van der Waals surface area contributed by atoms with Crippen molar-refractivity contribution < 1.29 is 27.4 Å². The number of aromatic nitrogens is 1. The quantitative estimate of drug-likeness (QED) is 0.561. The molecule has 1 heterocycles. The minimum atomic E-state index is -3.92. The van der Waals surface area contributed by atoms with Crippen LogP contribution in [0.15, 0.2) is 24.5 Å². The number of pyridine rings is 1. The van der Waals surface area contributed by atoms with E-state index in [1.54, 1.807) is 17.0 Å². The second-order valence-electron chi connectivity index (χ2n) is 3.27. The van der Waals surface area contributed by atoms with Gasteiger partial charge in [-0.25, -0.2) is 9.36 Å². The van der Waals surface area contributed by atoms with Crippen LogP contribution in [-0.2, 0) is 16.7 Å². The first kappa shape index (κ1) is 12.6. The van der Waals surface area contributed by atoms with Crippen molar-refractivity contribution in [2.75, 3.05) is 5.75 Å². The first-order chi connectivity index (χ1) is 7.38. The van der Waals surface area contributed by atoms with Gasteiger partial charge in [0.25, 0.3) is 10.1 Å². The molecule has 0 aliphatic rings. The average Bonchev–Trinajstić information content (AvgIpc) is 2.16. The molecule has 16 heavy (non-hydrogen) atoms. The molecule has 6 nitrogen and oxygen atoms in total. The van der Waals surface area contributed by atoms with Crippen molar-refractivity contribution >= 4 is 16.1 Å². The van der Waals surface area contributed by atoms with E-state index in [1.807, 2.05) is 0 Å². The van der Waals surface area contributed by atoms with Gasteiger partial charge in [0.2, 0.25) is 0 Å². The van der Waals surface area contributed by atoms with Gasteiger partial charge in [0.15, 0.2) is 12.4 Å². The molecule has 0 unspecified atom stereocenters. The Morgan fingerprint density at radius 1 is 1.31 bits per heavy atom. The Hall–Kier alpha value is -1.47. The first-order valence-electron chi connectivity index (χ1n) is 4.56. The Balaban J connectivity index is 2.53. The van der Waals surface area contributed by atoms with Crippen LogP contribution in [-0.4, -0.2) is 29.8 Å². The van der Waals surface area contributed by atoms with E-state index in [2.05, 4.69) is 0 Å². The maximum absolute atomic E-state index is 10.5. The second-order valence-corrected chi connectivity index (χ2v) is 4.84. The van der Waals surface area contributed by atoms with E-state index in [0.717, 1.165) is 0 Å². The second kappa shape index (κ2) is 5.04. The molecule has 0 saturated heterocycles. The van der Waals surface area contributed by atoms with Gasteiger partial charge in [-0.1, -0.05) is 0 Å². The molecular weight excluding hydrogens is 234 g/mol. The summed E-state index contributed by atoms with van der Waals surface area (Å²) in [6.07, 6.45) is 3.37. The van der Waals surface area contributed by atoms with Gasteiger partial charge in [-0.2, -0.15) is 8.42 Å². The van der Waals surface area contributed by atoms with Crippen LogP contribution in [0.4, 0.5) is 0 Å². The van der Waals surface area contributed by atoms with E-state index in [9.17, 15) is 13.2 Å². The topological polar surface area (TPSA) is 95.5 Å². The number of aryl methyl sites for hydroxylation is 1. The molecule has 88 valence electrons. The fourth-order valence-electron chi connectivity index (χ4n) is 1.18. The molecule has 0 saturated carbocycles. The van der Waals surface area contributed by atoms with Crippen LogP contribution in [0.3, 0.4) is 0 Å². The standard InChI is InChI=1S/C9H11NO5S/c11-9(12)8-2-5-10(6-3-8)4-1-7-16(13,14)15/h2-3,5-6H,1,4,7H2,(H-,11,12,13,14,15)/p+1. The molecule has 0 aromatic carbocycles. The van der Waals surface area contributed by atoms with Crippen LogP contribution < -0.4 is 4.57 Å². The van der Waals surface area contributed by atoms with Crippen LogP contribution in [0, 0.1) is 0 Å². The van der Waals surface area contributed by atoms with E-state index in [-0.39, 0.29) is 17.7 Å². The molecule has 1 rings (SSSR count). The van der Waals surface area contributed by atoms with E-state index >= 15 is 0 Å². The molecule has 2 N–H and O–H groups in total. The van der Waals surface area contributed by atoms with E-state index in [1.165, 1.54) is 12.1 Å². The summed E-state index contributed by atoms with van der Waals surface area (Å²) in [6, 6.07) is 2.85. The number of nitrogens with zero attached hydrogens (tertiary/aromatic N) is 1. The summed E-state index contributed by atoms with van der Waals surface area (Å²) in [7, 11) is -3.92. The molecule has 0 bridgehead atoms. The third-order valence-corrected chi connectivity index (χ3v) is 2.76. The van der Waals surface area contributed by atoms with Gasteiger partial charge in [0.1, 0.15) is 6.54 Å². The van der Waals surface area contributed by atoms with Crippen LogP contribution in [0.5, 0.6) is 0 Å². The summed E-state index contributed by atoms with van der Waals surface area (Å²) in [5.74, 6) is -1.31. The maximum Gasteiger partial charge on any atom is 0.336 e. The Kier molecular flexibility index (Phi) is 3.97. The van der Waals surface area contributed by atoms with Crippen molar-refractivity contribution in [1.82, 2.24) is 0 Å². The number of rotatable bonds is 5. The summed E-state index contributed by atoms with van der Waals surface area (Å²) in [5.41, 5.74) is 0.172. The van der Waals surface area contributed by atoms with Crippen LogP contribution in [0.2, 0.25) is 0 Å². The molecular formula is C9H12NO5S+. The molecule has 0 radical (unpaired) electrons. The van der Waals surface area contributed by atoms with Gasteiger partial charge < -0.3 is 5.11 Å². The third-order valence-electron chi connectivity index (χ3n) is 1.96. The number of carboxylic acids is 1. The van der Waals surface area contributed by atoms with Crippen molar-refractivity contribution in [1.29, 1.82) is 0 Å². The minimum absolute atomic E-state index is 0.172. The lowest BCUT2D eigenvalue weighted by atomic mass is 10.3. The summed E-state index contributed by atoms with van der Waals surface area (Å²) >= 11 is 0. The number of aromatic carboxylic acids is 1. The highest BCUT2D eigenvalue weighted by Gasteiger charge is 2.08. The highest BCUT2D eigenvalue weighted by atomic mass is 32.2. The van der Waals surface area contributed by atoms with Crippen LogP contribution in [0.25, 0.3) is 0 Å². The maximum atomic E-state index is 10.5. The van der Waals surface area contributed by atoms with E-state index in [4.69, 9.17) is 9.66 Å². The number of carboxylic acid groups (broad SMARTS) is 1. The molecule has 0 aliphatic heterocycles. The molecule has 0 atom stereocenters. The fourth-order valence-corrected chi connectivity index (χ4v) is 1.67. The Labute approximate surface area is 92.9 Å². The lowest BCUT2D eigenvalue weighted by Crippen LogP contribution is -2.33. The average molecular weight is 246 g/mol. The lowest BCUT2D eigenvalue weighted by Gasteiger charge is -1.97. The highest BCUT2D eigenvalue weighted by Crippen LogP contribution is 1.95. The van der Waals surface area contributed by atoms with E-state index < -0.39 is 16.1 Å². The predicted molar refractivity (Wildman–Crippen MR) is 54.6 cm³/mol. The van der Waals surface area contributed by atoms with Crippen molar-refractivity contribution in [3.63, 3.8) is 0 Å². The highest BCUT2D eigenvalue weighted by molar-refractivity contribution is 7.85. The minimum Gasteiger partial charge on any atom is -0.478 e. The summed E-state index contributed by atoms with van der Waals surface area (Å²) in [6.45, 7) is 0.402. The van der Waals surface area contributed by atoms with Gasteiger partial charge in [-0.15, -0.1) is 0 Å². The zero-order chi connectivity index (χ0) is 12.2. The molecule has 7 heteroatoms. The van der Waals surface area contributed by atoms with Crippen molar-refractivity contribution in [2.24, 2.45) is 0 Å². The van der Waals surface area contributed by atoms with Gasteiger partial charge in [-0.3, -0.25) is 4.55 Å². The Morgan fingerprint density at radius 2 is 1.88 bits per heavy atom. The Morgan fingerprint density at radius 3 is 2.31 bits per heavy atom. The van der Waals surface area contributed by atoms with Gasteiger partial charge in [0, 0.05) is 18.6 Å². The SMILES string of the molecule is O=C(O)c1cc[n+](CCCS(=O)(=O)O)cc1. The lowest BCUT2D eigenvalue weighted by molar-refractivity contribution is -0.696. The smallest absolute Gasteiger partial charge is 0.336 e. The molecule has 1 aromatic heterocycles. The molecule has 0 aliphatic carbocycles. The van der Waals surface area contributed by atoms with Crippen molar-refractivity contribution in [2.45, 2.75) is 13.0 Å². The van der Waals surface area contributed by atoms with Gasteiger partial charge in [0.05, 0.1) is 11.3 Å². The number of hydrogen-bond acceptors (Lipinski definition) is 3. The number of hydrogen-bond donors (Lipinski definition) is 2. The first-order valence-corrected chi connectivity index (χ1v) is 6.17. The fraction of sp³-hybridized carbons (Fsp3) is 0.333. The van der Waals surface area contributed by atoms with Crippen molar-refractivity contribution in [3.8, 4) is 0 Å². The molecule has 0 fully saturated rings. The summed E-state index contributed by atoms with van der Waals surface area (Å²) in [4.78, 5) is 10.5. The zero-order valence-electron chi connectivity index (χ0n) is 8.41. The number of carbonyl (C=O) groups is 1. The summed E-state index contributed by atoms with van der Waals surface area (Å²) < 4.78 is 31.0. The van der Waals surface area contributed by atoms with Crippen molar-refractivity contribution in [3.05, 3.63) is 30.1 Å². The van der Waals surface area contributed by atoms with Gasteiger partial charge in [-0.05, 0) is 0 Å². The predicted octanol–water partition coefficient (Wildman–Crippen LogP) is -0.0498. The largest absolute Gasteiger partial charge is 0.478 e. The van der Waals surface area contributed by atoms with Crippen LogP contribution in [0.1, 0.15) is 16.8 Å². The van der Waals surface area contributed by atoms with Gasteiger partial charge >= 0.3 is 5.97 Å². The molecule has 1 aromatic rings. The van der Waals surface area contributed by atoms with Crippen LogP contribution >= 0.6 is 0 Å². The van der Waals surface area contributed by atoms with E-state index in [0.29, 0.717) is 6.54 Å². The summed E-state index contributed by atoms with van der Waals surface area (Å²) in [5, 5.41) is 8.64. The molecule has 0 amide bonds.